The fraction of sp³-hybridized carbons (Fsp3) is 0.100. The first-order valence-electron chi connectivity index (χ1n) is 4.88. The lowest BCUT2D eigenvalue weighted by Crippen LogP contribution is -2.29. The molecule has 0 aliphatic heterocycles. The van der Waals surface area contributed by atoms with Crippen molar-refractivity contribution in [2.24, 2.45) is 0 Å². The number of nitrogens with zero attached hydrogens (tertiary/aromatic N) is 1. The minimum Gasteiger partial charge on any atom is -0.475 e. The van der Waals surface area contributed by atoms with Crippen molar-refractivity contribution in [1.29, 1.82) is 0 Å². The number of amides is 1. The van der Waals surface area contributed by atoms with Gasteiger partial charge < -0.3 is 15.4 Å². The second kappa shape index (κ2) is 4.26. The third-order valence-electron chi connectivity index (χ3n) is 2.20. The molecular weight excluding hydrogens is 267 g/mol. The number of aromatic carboxylic acids is 1. The van der Waals surface area contributed by atoms with Crippen LogP contribution in [0.4, 0.5) is 18.9 Å². The van der Waals surface area contributed by atoms with E-state index in [1.807, 2.05) is 0 Å². The smallest absolute Gasteiger partial charge is 0.471 e. The van der Waals surface area contributed by atoms with Gasteiger partial charge in [0.15, 0.2) is 0 Å². The van der Waals surface area contributed by atoms with Crippen LogP contribution in [0.2, 0.25) is 0 Å². The van der Waals surface area contributed by atoms with E-state index >= 15 is 0 Å². The average molecular weight is 273 g/mol. The van der Waals surface area contributed by atoms with E-state index in [0.717, 1.165) is 0 Å². The molecule has 0 aliphatic rings. The first kappa shape index (κ1) is 12.9. The van der Waals surface area contributed by atoms with E-state index in [1.54, 1.807) is 5.32 Å². The highest BCUT2D eigenvalue weighted by Crippen LogP contribution is 2.21. The van der Waals surface area contributed by atoms with E-state index in [-0.39, 0.29) is 22.5 Å². The van der Waals surface area contributed by atoms with Gasteiger partial charge in [0, 0.05) is 5.69 Å². The molecule has 6 nitrogen and oxygen atoms in total. The average Bonchev–Trinajstić information content (AvgIpc) is 2.70. The number of imidazole rings is 1. The summed E-state index contributed by atoms with van der Waals surface area (Å²) in [5.41, 5.74) is 0.357. The highest BCUT2D eigenvalue weighted by atomic mass is 19.4. The standard InChI is InChI=1S/C10H6F3N3O3/c11-10(12,13)9(19)14-4-1-2-5-6(3-4)16-7(15-5)8(17)18/h1-3H,(H,14,19)(H,15,16)(H,17,18). The first-order valence-corrected chi connectivity index (χ1v) is 4.88. The number of rotatable bonds is 2. The van der Waals surface area contributed by atoms with Crippen LogP contribution in [0.25, 0.3) is 11.0 Å². The molecule has 0 fully saturated rings. The molecule has 0 unspecified atom stereocenters. The van der Waals surface area contributed by atoms with Crippen molar-refractivity contribution in [2.45, 2.75) is 6.18 Å². The normalized spacial score (nSPS) is 11.5. The molecule has 9 heteroatoms. The number of fused-ring (bicyclic) bond motifs is 1. The Morgan fingerprint density at radius 1 is 1.32 bits per heavy atom. The lowest BCUT2D eigenvalue weighted by molar-refractivity contribution is -0.167. The Hall–Kier alpha value is -2.58. The maximum Gasteiger partial charge on any atom is 0.471 e. The molecule has 0 bridgehead atoms. The summed E-state index contributed by atoms with van der Waals surface area (Å²) in [6.45, 7) is 0. The third-order valence-corrected chi connectivity index (χ3v) is 2.20. The van der Waals surface area contributed by atoms with Crippen molar-refractivity contribution < 1.29 is 27.9 Å². The molecule has 2 rings (SSSR count). The summed E-state index contributed by atoms with van der Waals surface area (Å²) >= 11 is 0. The van der Waals surface area contributed by atoms with Crippen molar-refractivity contribution in [3.63, 3.8) is 0 Å². The predicted octanol–water partition coefficient (Wildman–Crippen LogP) is 1.76. The quantitative estimate of drug-likeness (QED) is 0.777. The van der Waals surface area contributed by atoms with Crippen molar-refractivity contribution in [3.8, 4) is 0 Å². The molecule has 1 amide bonds. The number of hydrogen-bond acceptors (Lipinski definition) is 3. The zero-order valence-corrected chi connectivity index (χ0v) is 9.08. The molecule has 1 heterocycles. The van der Waals surface area contributed by atoms with Gasteiger partial charge in [-0.25, -0.2) is 9.78 Å². The number of carbonyl (C=O) groups excluding carboxylic acids is 1. The molecule has 19 heavy (non-hydrogen) atoms. The summed E-state index contributed by atoms with van der Waals surface area (Å²) in [5, 5.41) is 10.3. The Bertz CT molecular complexity index is 663. The Morgan fingerprint density at radius 3 is 2.58 bits per heavy atom. The molecule has 2 aromatic rings. The number of alkyl halides is 3. The second-order valence-corrected chi connectivity index (χ2v) is 3.57. The van der Waals surface area contributed by atoms with E-state index in [1.165, 1.54) is 18.2 Å². The fourth-order valence-corrected chi connectivity index (χ4v) is 1.39. The van der Waals surface area contributed by atoms with Gasteiger partial charge in [0.25, 0.3) is 0 Å². The van der Waals surface area contributed by atoms with Crippen LogP contribution in [0.5, 0.6) is 0 Å². The molecule has 3 N–H and O–H groups in total. The van der Waals surface area contributed by atoms with Gasteiger partial charge in [-0.2, -0.15) is 13.2 Å². The molecular formula is C10H6F3N3O3. The van der Waals surface area contributed by atoms with Crippen LogP contribution in [-0.2, 0) is 4.79 Å². The van der Waals surface area contributed by atoms with Gasteiger partial charge in [-0.05, 0) is 18.2 Å². The van der Waals surface area contributed by atoms with Gasteiger partial charge in [0.2, 0.25) is 5.82 Å². The SMILES string of the molecule is O=C(O)c1nc2ccc(NC(=O)C(F)(F)F)cc2[nH]1. The van der Waals surface area contributed by atoms with Crippen LogP contribution in [0.3, 0.4) is 0 Å². The maximum atomic E-state index is 12.0. The largest absolute Gasteiger partial charge is 0.475 e. The van der Waals surface area contributed by atoms with Crippen LogP contribution >= 0.6 is 0 Å². The zero-order chi connectivity index (χ0) is 14.2. The van der Waals surface area contributed by atoms with Crippen LogP contribution in [0, 0.1) is 0 Å². The first-order chi connectivity index (χ1) is 8.77. The molecule has 0 atom stereocenters. The van der Waals surface area contributed by atoms with Crippen molar-refractivity contribution >= 4 is 28.6 Å². The summed E-state index contributed by atoms with van der Waals surface area (Å²) in [4.78, 5) is 27.5. The number of benzene rings is 1. The summed E-state index contributed by atoms with van der Waals surface area (Å²) in [6, 6.07) is 3.65. The lowest BCUT2D eigenvalue weighted by Gasteiger charge is -2.07. The van der Waals surface area contributed by atoms with E-state index in [4.69, 9.17) is 5.11 Å². The highest BCUT2D eigenvalue weighted by Gasteiger charge is 2.38. The predicted molar refractivity (Wildman–Crippen MR) is 57.7 cm³/mol. The van der Waals surface area contributed by atoms with Gasteiger partial charge in [-0.1, -0.05) is 0 Å². The number of hydrogen-bond donors (Lipinski definition) is 3. The topological polar surface area (TPSA) is 95.1 Å². The number of nitrogens with one attached hydrogen (secondary N) is 2. The Labute approximate surface area is 103 Å². The van der Waals surface area contributed by atoms with Crippen molar-refractivity contribution in [1.82, 2.24) is 9.97 Å². The number of carboxylic acids is 1. The van der Waals surface area contributed by atoms with Crippen molar-refractivity contribution in [2.75, 3.05) is 5.32 Å². The summed E-state index contributed by atoms with van der Waals surface area (Å²) in [6.07, 6.45) is -4.99. The molecule has 1 aromatic heterocycles. The number of anilines is 1. The number of aromatic nitrogens is 2. The minimum absolute atomic E-state index is 0.115. The van der Waals surface area contributed by atoms with Gasteiger partial charge in [0.05, 0.1) is 11.0 Å². The third kappa shape index (κ3) is 2.64. The van der Waals surface area contributed by atoms with E-state index in [0.29, 0.717) is 0 Å². The summed E-state index contributed by atoms with van der Waals surface area (Å²) < 4.78 is 36.1. The van der Waals surface area contributed by atoms with Gasteiger partial charge in [-0.15, -0.1) is 0 Å². The van der Waals surface area contributed by atoms with E-state index < -0.39 is 18.1 Å². The van der Waals surface area contributed by atoms with E-state index in [9.17, 15) is 22.8 Å². The molecule has 0 aliphatic carbocycles. The molecule has 0 spiro atoms. The second-order valence-electron chi connectivity index (χ2n) is 3.57. The number of H-pyrrole nitrogens is 1. The number of aromatic amines is 1. The number of carbonyl (C=O) groups is 2. The van der Waals surface area contributed by atoms with Gasteiger partial charge in [-0.3, -0.25) is 4.79 Å². The zero-order valence-electron chi connectivity index (χ0n) is 9.08. The fourth-order valence-electron chi connectivity index (χ4n) is 1.39. The number of halogens is 3. The van der Waals surface area contributed by atoms with Gasteiger partial charge in [0.1, 0.15) is 0 Å². The highest BCUT2D eigenvalue weighted by molar-refractivity contribution is 5.97. The van der Waals surface area contributed by atoms with E-state index in [2.05, 4.69) is 9.97 Å². The van der Waals surface area contributed by atoms with Crippen LogP contribution in [0.15, 0.2) is 18.2 Å². The van der Waals surface area contributed by atoms with Crippen LogP contribution in [-0.4, -0.2) is 33.1 Å². The van der Waals surface area contributed by atoms with Crippen molar-refractivity contribution in [3.05, 3.63) is 24.0 Å². The summed E-state index contributed by atoms with van der Waals surface area (Å²) in [5.74, 6) is -3.74. The molecule has 0 radical (unpaired) electrons. The maximum absolute atomic E-state index is 12.0. The molecule has 100 valence electrons. The lowest BCUT2D eigenvalue weighted by atomic mass is 10.2. The van der Waals surface area contributed by atoms with Crippen LogP contribution < -0.4 is 5.32 Å². The molecule has 1 aromatic carbocycles. The minimum atomic E-state index is -4.99. The van der Waals surface area contributed by atoms with Gasteiger partial charge >= 0.3 is 18.1 Å². The molecule has 0 saturated carbocycles. The molecule has 0 saturated heterocycles. The monoisotopic (exact) mass is 273 g/mol. The Balaban J connectivity index is 2.31. The number of carboxylic acid groups (broad SMARTS) is 1. The van der Waals surface area contributed by atoms with Crippen LogP contribution in [0.1, 0.15) is 10.6 Å². The summed E-state index contributed by atoms with van der Waals surface area (Å²) in [7, 11) is 0. The Morgan fingerprint density at radius 2 is 2.00 bits per heavy atom. The Kier molecular flexibility index (Phi) is 2.89.